The first kappa shape index (κ1) is 18.1. The highest BCUT2D eigenvalue weighted by molar-refractivity contribution is 5.88. The minimum Gasteiger partial charge on any atom is -0.502 e. The van der Waals surface area contributed by atoms with E-state index in [1.165, 1.54) is 19.1 Å². The number of carbonyl (C=O) groups excluding carboxylic acids is 1. The van der Waals surface area contributed by atoms with Crippen LogP contribution in [0.4, 0.5) is 24.5 Å². The van der Waals surface area contributed by atoms with Crippen molar-refractivity contribution in [3.63, 3.8) is 0 Å². The lowest BCUT2D eigenvalue weighted by Crippen LogP contribution is -2.18. The van der Waals surface area contributed by atoms with Gasteiger partial charge in [-0.25, -0.2) is 4.79 Å². The van der Waals surface area contributed by atoms with E-state index in [1.807, 2.05) is 0 Å². The predicted octanol–water partition coefficient (Wildman–Crippen LogP) is 3.57. The molecule has 124 valence electrons. The van der Waals surface area contributed by atoms with Gasteiger partial charge in [0.15, 0.2) is 0 Å². The molecule has 0 saturated carbocycles. The molecule has 1 aromatic carbocycles. The van der Waals surface area contributed by atoms with Crippen LogP contribution in [-0.4, -0.2) is 28.8 Å². The van der Waals surface area contributed by atoms with Gasteiger partial charge in [0.05, 0.1) is 17.2 Å². The first-order valence-corrected chi connectivity index (χ1v) is 6.00. The summed E-state index contributed by atoms with van der Waals surface area (Å²) in [5.74, 6) is -3.80. The lowest BCUT2D eigenvalue weighted by molar-refractivity contribution is -0.384. The third-order valence-electron chi connectivity index (χ3n) is 2.27. The van der Waals surface area contributed by atoms with Gasteiger partial charge < -0.3 is 9.84 Å². The molecular formula is C12H10F3N3O5. The van der Waals surface area contributed by atoms with Gasteiger partial charge in [-0.2, -0.15) is 13.2 Å². The number of alkyl halides is 3. The third-order valence-corrected chi connectivity index (χ3v) is 2.27. The number of aliphatic hydroxyl groups excluding tert-OH is 1. The first-order chi connectivity index (χ1) is 10.7. The number of rotatable bonds is 5. The van der Waals surface area contributed by atoms with Crippen LogP contribution in [0.1, 0.15) is 6.92 Å². The number of halogens is 3. The van der Waals surface area contributed by atoms with Crippen molar-refractivity contribution in [2.24, 2.45) is 10.2 Å². The zero-order chi connectivity index (χ0) is 17.6. The van der Waals surface area contributed by atoms with Gasteiger partial charge >= 0.3 is 12.1 Å². The molecular weight excluding hydrogens is 323 g/mol. The van der Waals surface area contributed by atoms with Crippen LogP contribution in [0.15, 0.2) is 46.0 Å². The predicted molar refractivity (Wildman–Crippen MR) is 70.0 cm³/mol. The second kappa shape index (κ2) is 7.33. The number of nitro groups is 1. The van der Waals surface area contributed by atoms with Crippen molar-refractivity contribution in [3.05, 3.63) is 45.8 Å². The Morgan fingerprint density at radius 1 is 1.43 bits per heavy atom. The fourth-order valence-corrected chi connectivity index (χ4v) is 1.30. The summed E-state index contributed by atoms with van der Waals surface area (Å²) in [5.41, 5.74) is -2.01. The number of nitrogens with zero attached hydrogens (tertiary/aromatic N) is 3. The van der Waals surface area contributed by atoms with Gasteiger partial charge in [-0.3, -0.25) is 10.1 Å². The number of nitro benzene ring substituents is 1. The van der Waals surface area contributed by atoms with Crippen LogP contribution >= 0.6 is 0 Å². The Bertz CT molecular complexity index is 670. The van der Waals surface area contributed by atoms with E-state index in [1.54, 1.807) is 0 Å². The fraction of sp³-hybridized carbons (Fsp3) is 0.250. The van der Waals surface area contributed by atoms with Crippen LogP contribution in [0.5, 0.6) is 0 Å². The molecule has 0 aliphatic heterocycles. The van der Waals surface area contributed by atoms with Gasteiger partial charge in [-0.1, -0.05) is 6.07 Å². The van der Waals surface area contributed by atoms with E-state index in [4.69, 9.17) is 5.11 Å². The number of non-ortho nitro benzene ring substituents is 1. The number of carbonyl (C=O) groups is 1. The maximum atomic E-state index is 12.5. The molecule has 0 aliphatic carbocycles. The van der Waals surface area contributed by atoms with E-state index in [9.17, 15) is 28.1 Å². The SMILES string of the molecule is CCOC(=O)C(N=Nc1cccc([N+](=O)[O-])c1)=C(O)C(F)(F)F. The molecule has 0 atom stereocenters. The number of hydrogen-bond acceptors (Lipinski definition) is 7. The molecule has 0 saturated heterocycles. The largest absolute Gasteiger partial charge is 0.502 e. The van der Waals surface area contributed by atoms with Crippen LogP contribution in [0, 0.1) is 10.1 Å². The van der Waals surface area contributed by atoms with Crippen LogP contribution in [0.25, 0.3) is 0 Å². The smallest absolute Gasteiger partial charge is 0.451 e. The standard InChI is InChI=1S/C12H10F3N3O5/c1-2-23-11(20)9(10(19)12(13,14)15)17-16-7-4-3-5-8(6-7)18(21)22/h3-6,19H,2H2,1H3. The quantitative estimate of drug-likeness (QED) is 0.221. The minimum absolute atomic E-state index is 0.184. The molecule has 11 heteroatoms. The van der Waals surface area contributed by atoms with Crippen molar-refractivity contribution >= 4 is 17.3 Å². The summed E-state index contributed by atoms with van der Waals surface area (Å²) >= 11 is 0. The zero-order valence-electron chi connectivity index (χ0n) is 11.6. The molecule has 0 unspecified atom stereocenters. The molecule has 0 bridgehead atoms. The van der Waals surface area contributed by atoms with Crippen molar-refractivity contribution in [3.8, 4) is 0 Å². The van der Waals surface area contributed by atoms with E-state index in [0.717, 1.165) is 12.1 Å². The fourth-order valence-electron chi connectivity index (χ4n) is 1.30. The number of hydrogen-bond donors (Lipinski definition) is 1. The second-order valence-corrected chi connectivity index (χ2v) is 3.89. The molecule has 1 N–H and O–H groups in total. The van der Waals surface area contributed by atoms with E-state index in [0.29, 0.717) is 0 Å². The van der Waals surface area contributed by atoms with Gasteiger partial charge in [0, 0.05) is 12.1 Å². The van der Waals surface area contributed by atoms with Crippen LogP contribution in [-0.2, 0) is 9.53 Å². The lowest BCUT2D eigenvalue weighted by Gasteiger charge is -2.08. The molecule has 0 fully saturated rings. The first-order valence-electron chi connectivity index (χ1n) is 6.00. The van der Waals surface area contributed by atoms with Crippen LogP contribution in [0.2, 0.25) is 0 Å². The second-order valence-electron chi connectivity index (χ2n) is 3.89. The Kier molecular flexibility index (Phi) is 5.76. The molecule has 0 radical (unpaired) electrons. The number of azo groups is 1. The van der Waals surface area contributed by atoms with Gasteiger partial charge in [-0.15, -0.1) is 10.2 Å². The van der Waals surface area contributed by atoms with E-state index in [2.05, 4.69) is 15.0 Å². The molecule has 1 rings (SSSR count). The number of aliphatic hydroxyl groups is 1. The lowest BCUT2D eigenvalue weighted by atomic mass is 10.3. The Hall–Kier alpha value is -2.98. The normalized spacial score (nSPS) is 12.9. The Morgan fingerprint density at radius 3 is 2.61 bits per heavy atom. The maximum Gasteiger partial charge on any atom is 0.451 e. The van der Waals surface area contributed by atoms with Crippen molar-refractivity contribution in [1.29, 1.82) is 0 Å². The van der Waals surface area contributed by atoms with Crippen LogP contribution < -0.4 is 0 Å². The highest BCUT2D eigenvalue weighted by Gasteiger charge is 2.39. The summed E-state index contributed by atoms with van der Waals surface area (Å²) in [4.78, 5) is 21.3. The topological polar surface area (TPSA) is 114 Å². The monoisotopic (exact) mass is 333 g/mol. The van der Waals surface area contributed by atoms with Crippen molar-refractivity contribution < 1.29 is 32.7 Å². The Morgan fingerprint density at radius 2 is 2.09 bits per heavy atom. The van der Waals surface area contributed by atoms with Crippen LogP contribution in [0.3, 0.4) is 0 Å². The Labute approximate surface area is 127 Å². The summed E-state index contributed by atoms with van der Waals surface area (Å²) < 4.78 is 41.8. The third kappa shape index (κ3) is 5.05. The number of ether oxygens (including phenoxy) is 1. The number of allylic oxidation sites excluding steroid dienone is 1. The summed E-state index contributed by atoms with van der Waals surface area (Å²) in [5, 5.41) is 25.9. The summed E-state index contributed by atoms with van der Waals surface area (Å²) in [7, 11) is 0. The van der Waals surface area contributed by atoms with Gasteiger partial charge in [-0.05, 0) is 13.0 Å². The van der Waals surface area contributed by atoms with Crippen molar-refractivity contribution in [1.82, 2.24) is 0 Å². The van der Waals surface area contributed by atoms with Gasteiger partial charge in [0.25, 0.3) is 5.69 Å². The molecule has 0 aliphatic rings. The molecule has 0 heterocycles. The molecule has 0 aromatic heterocycles. The molecule has 1 aromatic rings. The van der Waals surface area contributed by atoms with Crippen molar-refractivity contribution in [2.45, 2.75) is 13.1 Å². The molecule has 23 heavy (non-hydrogen) atoms. The average molecular weight is 333 g/mol. The van der Waals surface area contributed by atoms with E-state index < -0.39 is 28.5 Å². The van der Waals surface area contributed by atoms with E-state index >= 15 is 0 Å². The summed E-state index contributed by atoms with van der Waals surface area (Å²) in [6.45, 7) is 1.09. The molecule has 8 nitrogen and oxygen atoms in total. The average Bonchev–Trinajstić information content (AvgIpc) is 2.46. The van der Waals surface area contributed by atoms with Gasteiger partial charge in [0.2, 0.25) is 11.5 Å². The number of benzene rings is 1. The summed E-state index contributed by atoms with van der Waals surface area (Å²) in [6.07, 6.45) is -5.23. The minimum atomic E-state index is -5.23. The van der Waals surface area contributed by atoms with Gasteiger partial charge in [0.1, 0.15) is 0 Å². The Balaban J connectivity index is 3.23. The summed E-state index contributed by atoms with van der Waals surface area (Å²) in [6, 6.07) is 4.50. The van der Waals surface area contributed by atoms with E-state index in [-0.39, 0.29) is 18.0 Å². The molecule has 0 spiro atoms. The zero-order valence-corrected chi connectivity index (χ0v) is 11.6. The highest BCUT2D eigenvalue weighted by Crippen LogP contribution is 2.28. The molecule has 0 amide bonds. The number of esters is 1. The highest BCUT2D eigenvalue weighted by atomic mass is 19.4. The van der Waals surface area contributed by atoms with Crippen molar-refractivity contribution in [2.75, 3.05) is 6.61 Å². The maximum absolute atomic E-state index is 12.5.